The molecule has 0 fully saturated rings. The lowest BCUT2D eigenvalue weighted by atomic mass is 10.1. The summed E-state index contributed by atoms with van der Waals surface area (Å²) in [5, 5.41) is 3.42. The van der Waals surface area contributed by atoms with E-state index in [1.165, 1.54) is 0 Å². The zero-order valence-corrected chi connectivity index (χ0v) is 13.4. The summed E-state index contributed by atoms with van der Waals surface area (Å²) >= 11 is 0. The van der Waals surface area contributed by atoms with Crippen LogP contribution in [0.25, 0.3) is 0 Å². The average molecular weight is 281 g/mol. The van der Waals surface area contributed by atoms with E-state index in [1.54, 1.807) is 14.2 Å². The van der Waals surface area contributed by atoms with Gasteiger partial charge in [0.05, 0.1) is 14.2 Å². The first-order valence-corrected chi connectivity index (χ1v) is 7.09. The smallest absolute Gasteiger partial charge is 0.127 e. The molecule has 0 saturated carbocycles. The second-order valence-corrected chi connectivity index (χ2v) is 5.51. The van der Waals surface area contributed by atoms with Gasteiger partial charge in [-0.2, -0.15) is 0 Å². The van der Waals surface area contributed by atoms with Gasteiger partial charge in [0.2, 0.25) is 0 Å². The molecule has 0 saturated heterocycles. The van der Waals surface area contributed by atoms with E-state index in [-0.39, 0.29) is 6.10 Å². The molecule has 1 rings (SSSR count). The summed E-state index contributed by atoms with van der Waals surface area (Å²) in [6, 6.07) is 6.05. The van der Waals surface area contributed by atoms with Gasteiger partial charge in [-0.3, -0.25) is 0 Å². The predicted molar refractivity (Wildman–Crippen MR) is 81.9 cm³/mol. The van der Waals surface area contributed by atoms with Crippen molar-refractivity contribution in [3.05, 3.63) is 18.2 Å². The van der Waals surface area contributed by atoms with Gasteiger partial charge in [0.15, 0.2) is 0 Å². The number of benzene rings is 1. The fraction of sp³-hybridized carbons (Fsp3) is 0.625. The summed E-state index contributed by atoms with van der Waals surface area (Å²) in [4.78, 5) is 0. The minimum absolute atomic E-state index is 0.106. The van der Waals surface area contributed by atoms with E-state index in [0.29, 0.717) is 12.0 Å². The normalized spacial score (nSPS) is 12.6. The van der Waals surface area contributed by atoms with Crippen molar-refractivity contribution in [1.82, 2.24) is 5.32 Å². The number of rotatable bonds is 8. The van der Waals surface area contributed by atoms with Crippen LogP contribution in [0.1, 0.15) is 27.7 Å². The third-order valence-electron chi connectivity index (χ3n) is 3.08. The van der Waals surface area contributed by atoms with Crippen LogP contribution in [0.3, 0.4) is 0 Å². The highest BCUT2D eigenvalue weighted by Gasteiger charge is 2.16. The largest absolute Gasteiger partial charge is 0.496 e. The molecular weight excluding hydrogens is 254 g/mol. The van der Waals surface area contributed by atoms with Gasteiger partial charge in [0, 0.05) is 30.8 Å². The topological polar surface area (TPSA) is 39.7 Å². The van der Waals surface area contributed by atoms with Crippen molar-refractivity contribution >= 4 is 0 Å². The number of hydrogen-bond donors (Lipinski definition) is 1. The maximum atomic E-state index is 6.09. The molecule has 20 heavy (non-hydrogen) atoms. The molecule has 0 bridgehead atoms. The average Bonchev–Trinajstić information content (AvgIpc) is 2.42. The molecule has 1 aromatic rings. The van der Waals surface area contributed by atoms with Crippen LogP contribution in [0.5, 0.6) is 17.2 Å². The molecule has 0 radical (unpaired) electrons. The van der Waals surface area contributed by atoms with Crippen molar-refractivity contribution in [2.45, 2.75) is 39.8 Å². The molecule has 0 amide bonds. The van der Waals surface area contributed by atoms with Crippen LogP contribution in [0.2, 0.25) is 0 Å². The van der Waals surface area contributed by atoms with Crippen LogP contribution >= 0.6 is 0 Å². The number of ether oxygens (including phenoxy) is 3. The van der Waals surface area contributed by atoms with E-state index in [0.717, 1.165) is 23.8 Å². The fourth-order valence-electron chi connectivity index (χ4n) is 1.79. The highest BCUT2D eigenvalue weighted by Crippen LogP contribution is 2.28. The van der Waals surface area contributed by atoms with Crippen molar-refractivity contribution in [2.24, 2.45) is 5.92 Å². The minimum atomic E-state index is 0.106. The second kappa shape index (κ2) is 8.00. The van der Waals surface area contributed by atoms with E-state index in [9.17, 15) is 0 Å². The third kappa shape index (κ3) is 5.29. The maximum absolute atomic E-state index is 6.09. The molecule has 0 aliphatic carbocycles. The van der Waals surface area contributed by atoms with Crippen molar-refractivity contribution in [3.8, 4) is 17.2 Å². The second-order valence-electron chi connectivity index (χ2n) is 5.51. The molecule has 1 aromatic carbocycles. The van der Waals surface area contributed by atoms with Crippen molar-refractivity contribution in [3.63, 3.8) is 0 Å². The molecule has 0 aromatic heterocycles. The Morgan fingerprint density at radius 3 is 1.80 bits per heavy atom. The van der Waals surface area contributed by atoms with Crippen LogP contribution in [0, 0.1) is 5.92 Å². The molecule has 0 aliphatic heterocycles. The van der Waals surface area contributed by atoms with Crippen molar-refractivity contribution < 1.29 is 14.2 Å². The van der Waals surface area contributed by atoms with Gasteiger partial charge in [-0.15, -0.1) is 0 Å². The Bertz CT molecular complexity index is 382. The highest BCUT2D eigenvalue weighted by atomic mass is 16.5. The van der Waals surface area contributed by atoms with E-state index < -0.39 is 0 Å². The summed E-state index contributed by atoms with van der Waals surface area (Å²) in [6.07, 6.45) is 0.106. The summed E-state index contributed by atoms with van der Waals surface area (Å²) < 4.78 is 16.6. The van der Waals surface area contributed by atoms with Crippen molar-refractivity contribution in [1.29, 1.82) is 0 Å². The first-order valence-electron chi connectivity index (χ1n) is 7.09. The molecule has 0 heterocycles. The van der Waals surface area contributed by atoms with Crippen LogP contribution < -0.4 is 19.5 Å². The SMILES string of the molecule is COc1cc(OC)cc(OC(CNC(C)C)C(C)C)c1. The van der Waals surface area contributed by atoms with E-state index in [4.69, 9.17) is 14.2 Å². The van der Waals surface area contributed by atoms with Gasteiger partial charge in [-0.25, -0.2) is 0 Å². The first kappa shape index (κ1) is 16.6. The zero-order valence-electron chi connectivity index (χ0n) is 13.4. The van der Waals surface area contributed by atoms with Gasteiger partial charge >= 0.3 is 0 Å². The molecule has 0 spiro atoms. The monoisotopic (exact) mass is 281 g/mol. The van der Waals surface area contributed by atoms with Crippen molar-refractivity contribution in [2.75, 3.05) is 20.8 Å². The molecule has 1 unspecified atom stereocenters. The third-order valence-corrected chi connectivity index (χ3v) is 3.08. The van der Waals surface area contributed by atoms with Gasteiger partial charge < -0.3 is 19.5 Å². The van der Waals surface area contributed by atoms with Gasteiger partial charge in [-0.05, 0) is 5.92 Å². The van der Waals surface area contributed by atoms with Gasteiger partial charge in [0.25, 0.3) is 0 Å². The Hall–Kier alpha value is -1.42. The zero-order chi connectivity index (χ0) is 15.1. The van der Waals surface area contributed by atoms with Crippen LogP contribution in [-0.4, -0.2) is 32.9 Å². The Kier molecular flexibility index (Phi) is 6.65. The Morgan fingerprint density at radius 1 is 0.900 bits per heavy atom. The lowest BCUT2D eigenvalue weighted by Gasteiger charge is -2.24. The molecule has 4 heteroatoms. The van der Waals surface area contributed by atoms with Crippen LogP contribution in [0.4, 0.5) is 0 Å². The number of methoxy groups -OCH3 is 2. The first-order chi connectivity index (χ1) is 9.46. The van der Waals surface area contributed by atoms with E-state index >= 15 is 0 Å². The van der Waals surface area contributed by atoms with Crippen LogP contribution in [-0.2, 0) is 0 Å². The summed E-state index contributed by atoms with van der Waals surface area (Å²) in [5.41, 5.74) is 0. The van der Waals surface area contributed by atoms with E-state index in [1.807, 2.05) is 18.2 Å². The standard InChI is InChI=1S/C16H27NO3/c1-11(2)16(10-17-12(3)4)20-15-8-13(18-5)7-14(9-15)19-6/h7-9,11-12,16-17H,10H2,1-6H3. The van der Waals surface area contributed by atoms with Gasteiger partial charge in [-0.1, -0.05) is 27.7 Å². The Balaban J connectivity index is 2.81. The fourth-order valence-corrected chi connectivity index (χ4v) is 1.79. The predicted octanol–water partition coefficient (Wildman–Crippen LogP) is 3.11. The van der Waals surface area contributed by atoms with E-state index in [2.05, 4.69) is 33.0 Å². The lowest BCUT2D eigenvalue weighted by molar-refractivity contribution is 0.145. The Morgan fingerprint density at radius 2 is 1.40 bits per heavy atom. The van der Waals surface area contributed by atoms with Crippen LogP contribution in [0.15, 0.2) is 18.2 Å². The Labute approximate surface area is 122 Å². The summed E-state index contributed by atoms with van der Waals surface area (Å²) in [5.74, 6) is 2.65. The highest BCUT2D eigenvalue weighted by molar-refractivity contribution is 5.42. The summed E-state index contributed by atoms with van der Waals surface area (Å²) in [7, 11) is 3.28. The molecular formula is C16H27NO3. The minimum Gasteiger partial charge on any atom is -0.496 e. The maximum Gasteiger partial charge on any atom is 0.127 e. The molecule has 1 atom stereocenters. The number of nitrogens with one attached hydrogen (secondary N) is 1. The molecule has 4 nitrogen and oxygen atoms in total. The molecule has 114 valence electrons. The molecule has 1 N–H and O–H groups in total. The summed E-state index contributed by atoms with van der Waals surface area (Å²) in [6.45, 7) is 9.39. The number of hydrogen-bond acceptors (Lipinski definition) is 4. The quantitative estimate of drug-likeness (QED) is 0.795. The molecule has 0 aliphatic rings. The lowest BCUT2D eigenvalue weighted by Crippen LogP contribution is -2.38. The van der Waals surface area contributed by atoms with Gasteiger partial charge in [0.1, 0.15) is 23.4 Å².